The molecule has 1 heterocycles. The minimum Gasteiger partial charge on any atom is -0.284 e. The predicted octanol–water partition coefficient (Wildman–Crippen LogP) is 8.57. The molecule has 0 aliphatic carbocycles. The Labute approximate surface area is 206 Å². The third-order valence-corrected chi connectivity index (χ3v) is 6.44. The van der Waals surface area contributed by atoms with Crippen LogP contribution in [0, 0.1) is 32.5 Å². The Bertz CT molecular complexity index is 1380. The highest BCUT2D eigenvalue weighted by atomic mass is 32.1. The Morgan fingerprint density at radius 3 is 1.12 bits per heavy atom. The molecule has 0 spiro atoms. The van der Waals surface area contributed by atoms with E-state index >= 15 is 0 Å². The molecular weight excluding hydrogens is 432 g/mol. The highest BCUT2D eigenvalue weighted by molar-refractivity contribution is 7.71. The van der Waals surface area contributed by atoms with E-state index in [1.807, 2.05) is 0 Å². The van der Waals surface area contributed by atoms with Gasteiger partial charge in [-0.05, 0) is 86.4 Å². The molecule has 168 valence electrons. The van der Waals surface area contributed by atoms with Gasteiger partial charge in [-0.25, -0.2) is 0 Å². The molecule has 1 aromatic heterocycles. The first-order valence-electron chi connectivity index (χ1n) is 11.6. The number of rotatable bonds is 4. The molecule has 4 aromatic carbocycles. The second-order valence-electron chi connectivity index (χ2n) is 9.07. The lowest BCUT2D eigenvalue weighted by molar-refractivity contribution is 0.956. The van der Waals surface area contributed by atoms with Crippen LogP contribution in [0.15, 0.2) is 97.1 Å². The SMILES string of the molecule is Cc1cc(C)cc(-n2c(-c3ccccc3)c(-c3ccccc3)n(-c3cc(C)cc(C)c3)c2=S)c1. The lowest BCUT2D eigenvalue weighted by atomic mass is 10.0. The molecule has 0 atom stereocenters. The number of hydrogen-bond acceptors (Lipinski definition) is 1. The monoisotopic (exact) mass is 460 g/mol. The van der Waals surface area contributed by atoms with E-state index in [-0.39, 0.29) is 0 Å². The Morgan fingerprint density at radius 1 is 0.471 bits per heavy atom. The fraction of sp³-hybridized carbons (Fsp3) is 0.129. The van der Waals surface area contributed by atoms with Gasteiger partial charge < -0.3 is 0 Å². The molecule has 0 saturated heterocycles. The summed E-state index contributed by atoms with van der Waals surface area (Å²) in [6.45, 7) is 8.56. The van der Waals surface area contributed by atoms with E-state index in [9.17, 15) is 0 Å². The number of nitrogens with zero attached hydrogens (tertiary/aromatic N) is 2. The lowest BCUT2D eigenvalue weighted by Crippen LogP contribution is -2.01. The second kappa shape index (κ2) is 8.92. The Morgan fingerprint density at radius 2 is 0.794 bits per heavy atom. The summed E-state index contributed by atoms with van der Waals surface area (Å²) in [4.78, 5) is 0. The van der Waals surface area contributed by atoms with Crippen LogP contribution in [-0.4, -0.2) is 9.13 Å². The molecule has 0 bridgehead atoms. The minimum atomic E-state index is 0.757. The van der Waals surface area contributed by atoms with Gasteiger partial charge in [0.25, 0.3) is 0 Å². The molecule has 0 saturated carbocycles. The summed E-state index contributed by atoms with van der Waals surface area (Å²) in [6.07, 6.45) is 0. The zero-order valence-electron chi connectivity index (χ0n) is 20.0. The zero-order valence-corrected chi connectivity index (χ0v) is 20.9. The molecular formula is C31H28N2S. The molecule has 34 heavy (non-hydrogen) atoms. The van der Waals surface area contributed by atoms with Crippen molar-refractivity contribution < 1.29 is 0 Å². The summed E-state index contributed by atoms with van der Waals surface area (Å²) in [5, 5.41) is 0. The molecule has 5 aromatic rings. The summed E-state index contributed by atoms with van der Waals surface area (Å²) >= 11 is 6.26. The third kappa shape index (κ3) is 4.04. The molecule has 0 unspecified atom stereocenters. The molecule has 2 nitrogen and oxygen atoms in total. The van der Waals surface area contributed by atoms with Crippen LogP contribution >= 0.6 is 12.2 Å². The van der Waals surface area contributed by atoms with Crippen LogP contribution < -0.4 is 0 Å². The van der Waals surface area contributed by atoms with Crippen LogP contribution in [0.3, 0.4) is 0 Å². The van der Waals surface area contributed by atoms with Gasteiger partial charge in [0.1, 0.15) is 0 Å². The van der Waals surface area contributed by atoms with Crippen molar-refractivity contribution in [2.24, 2.45) is 0 Å². The maximum absolute atomic E-state index is 6.26. The summed E-state index contributed by atoms with van der Waals surface area (Å²) in [5.74, 6) is 0. The van der Waals surface area contributed by atoms with Gasteiger partial charge in [0, 0.05) is 22.5 Å². The Balaban J connectivity index is 1.98. The lowest BCUT2D eigenvalue weighted by Gasteiger charge is -2.13. The number of imidazole rings is 1. The van der Waals surface area contributed by atoms with Crippen LogP contribution in [0.25, 0.3) is 33.9 Å². The molecule has 0 aliphatic heterocycles. The van der Waals surface area contributed by atoms with Gasteiger partial charge in [0.15, 0.2) is 4.77 Å². The van der Waals surface area contributed by atoms with Crippen LogP contribution in [0.2, 0.25) is 0 Å². The van der Waals surface area contributed by atoms with Crippen molar-refractivity contribution in [1.82, 2.24) is 9.13 Å². The summed E-state index contributed by atoms with van der Waals surface area (Å²) in [7, 11) is 0. The van der Waals surface area contributed by atoms with Gasteiger partial charge >= 0.3 is 0 Å². The van der Waals surface area contributed by atoms with Crippen molar-refractivity contribution in [2.75, 3.05) is 0 Å². The fourth-order valence-electron chi connectivity index (χ4n) is 4.87. The Kier molecular flexibility index (Phi) is 5.80. The first-order valence-corrected chi connectivity index (χ1v) is 12.0. The van der Waals surface area contributed by atoms with Crippen molar-refractivity contribution in [1.29, 1.82) is 0 Å². The normalized spacial score (nSPS) is 11.1. The van der Waals surface area contributed by atoms with Crippen molar-refractivity contribution in [3.8, 4) is 33.9 Å². The van der Waals surface area contributed by atoms with E-state index in [0.717, 1.165) is 38.7 Å². The van der Waals surface area contributed by atoms with E-state index in [1.165, 1.54) is 22.3 Å². The summed E-state index contributed by atoms with van der Waals surface area (Å²) in [6, 6.07) is 34.4. The highest BCUT2D eigenvalue weighted by Crippen LogP contribution is 2.38. The van der Waals surface area contributed by atoms with Crippen molar-refractivity contribution >= 4 is 12.2 Å². The average Bonchev–Trinajstić information content (AvgIpc) is 3.12. The molecule has 0 aliphatic rings. The van der Waals surface area contributed by atoms with Crippen LogP contribution in [0.5, 0.6) is 0 Å². The van der Waals surface area contributed by atoms with Crippen molar-refractivity contribution in [3.05, 3.63) is 124 Å². The summed E-state index contributed by atoms with van der Waals surface area (Å²) in [5.41, 5.74) is 11.5. The van der Waals surface area contributed by atoms with Crippen LogP contribution in [0.4, 0.5) is 0 Å². The third-order valence-electron chi connectivity index (χ3n) is 6.08. The zero-order chi connectivity index (χ0) is 23.8. The molecule has 5 rings (SSSR count). The molecule has 0 amide bonds. The number of aromatic nitrogens is 2. The molecule has 0 N–H and O–H groups in total. The fourth-order valence-corrected chi connectivity index (χ4v) is 5.26. The van der Waals surface area contributed by atoms with E-state index in [2.05, 4.69) is 134 Å². The molecule has 3 heteroatoms. The van der Waals surface area contributed by atoms with E-state index < -0.39 is 0 Å². The van der Waals surface area contributed by atoms with Crippen molar-refractivity contribution in [2.45, 2.75) is 27.7 Å². The van der Waals surface area contributed by atoms with E-state index in [1.54, 1.807) is 0 Å². The van der Waals surface area contributed by atoms with Gasteiger partial charge in [-0.1, -0.05) is 72.8 Å². The minimum absolute atomic E-state index is 0.757. The topological polar surface area (TPSA) is 9.86 Å². The van der Waals surface area contributed by atoms with Crippen LogP contribution in [-0.2, 0) is 0 Å². The smallest absolute Gasteiger partial charge is 0.190 e. The quantitative estimate of drug-likeness (QED) is 0.244. The second-order valence-corrected chi connectivity index (χ2v) is 9.44. The average molecular weight is 461 g/mol. The maximum Gasteiger partial charge on any atom is 0.190 e. The van der Waals surface area contributed by atoms with E-state index in [4.69, 9.17) is 12.2 Å². The number of hydrogen-bond donors (Lipinski definition) is 0. The summed E-state index contributed by atoms with van der Waals surface area (Å²) < 4.78 is 5.24. The van der Waals surface area contributed by atoms with Gasteiger partial charge in [0.2, 0.25) is 0 Å². The molecule has 0 radical (unpaired) electrons. The van der Waals surface area contributed by atoms with Gasteiger partial charge in [0.05, 0.1) is 11.4 Å². The molecule has 0 fully saturated rings. The maximum atomic E-state index is 6.26. The van der Waals surface area contributed by atoms with Gasteiger partial charge in [-0.3, -0.25) is 9.13 Å². The predicted molar refractivity (Wildman–Crippen MR) is 146 cm³/mol. The number of aryl methyl sites for hydroxylation is 4. The largest absolute Gasteiger partial charge is 0.284 e. The first kappa shape index (κ1) is 22.1. The standard InChI is InChI=1S/C31H28N2S/c1-21-15-22(2)18-27(17-21)32-29(25-11-7-5-8-12-25)30(26-13-9-6-10-14-26)33(31(32)34)28-19-23(3)16-24(4)20-28/h5-20H,1-4H3. The van der Waals surface area contributed by atoms with E-state index in [0.29, 0.717) is 0 Å². The highest BCUT2D eigenvalue weighted by Gasteiger charge is 2.23. The van der Waals surface area contributed by atoms with Gasteiger partial charge in [-0.2, -0.15) is 0 Å². The van der Waals surface area contributed by atoms with Crippen molar-refractivity contribution in [3.63, 3.8) is 0 Å². The van der Waals surface area contributed by atoms with Crippen LogP contribution in [0.1, 0.15) is 22.3 Å². The first-order chi connectivity index (χ1) is 16.4. The Hall–Kier alpha value is -3.69. The number of benzene rings is 4. The van der Waals surface area contributed by atoms with Gasteiger partial charge in [-0.15, -0.1) is 0 Å².